The van der Waals surface area contributed by atoms with Gasteiger partial charge < -0.3 is 15.2 Å². The molecule has 0 aliphatic rings. The van der Waals surface area contributed by atoms with Crippen LogP contribution in [-0.2, 0) is 4.79 Å². The van der Waals surface area contributed by atoms with Gasteiger partial charge in [0.15, 0.2) is 0 Å². The van der Waals surface area contributed by atoms with E-state index >= 15 is 0 Å². The van der Waals surface area contributed by atoms with E-state index in [-0.39, 0.29) is 23.9 Å². The second kappa shape index (κ2) is 6.23. The highest BCUT2D eigenvalue weighted by molar-refractivity contribution is 9.10. The third-order valence-corrected chi connectivity index (χ3v) is 2.85. The van der Waals surface area contributed by atoms with Crippen LogP contribution in [0.4, 0.5) is 0 Å². The summed E-state index contributed by atoms with van der Waals surface area (Å²) in [6.07, 6.45) is 1.69. The molecule has 0 spiro atoms. The van der Waals surface area contributed by atoms with Crippen LogP contribution in [0.3, 0.4) is 0 Å². The number of nitrogens with zero attached hydrogens (tertiary/aromatic N) is 1. The molecule has 0 atom stereocenters. The van der Waals surface area contributed by atoms with Crippen LogP contribution in [0.15, 0.2) is 16.7 Å². The number of hydrogen-bond acceptors (Lipinski definition) is 2. The molecule has 106 valence electrons. The maximum Gasteiger partial charge on any atom is 0.270 e. The highest BCUT2D eigenvalue weighted by Gasteiger charge is 2.21. The number of rotatable bonds is 4. The Kier molecular flexibility index (Phi) is 5.17. The molecule has 19 heavy (non-hydrogen) atoms. The molecule has 0 aromatic carbocycles. The van der Waals surface area contributed by atoms with Crippen LogP contribution in [0.5, 0.6) is 0 Å². The van der Waals surface area contributed by atoms with Crippen molar-refractivity contribution in [1.82, 2.24) is 15.2 Å². The zero-order chi connectivity index (χ0) is 14.6. The quantitative estimate of drug-likeness (QED) is 0.888. The Balaban J connectivity index is 2.68. The van der Waals surface area contributed by atoms with Crippen molar-refractivity contribution in [2.75, 3.05) is 13.1 Å². The summed E-state index contributed by atoms with van der Waals surface area (Å²) in [5, 5.41) is 2.84. The van der Waals surface area contributed by atoms with E-state index in [1.165, 1.54) is 4.90 Å². The number of aromatic amines is 1. The van der Waals surface area contributed by atoms with Gasteiger partial charge in [-0.3, -0.25) is 9.59 Å². The molecular formula is C13H20BrN3O2. The van der Waals surface area contributed by atoms with Crippen molar-refractivity contribution in [2.24, 2.45) is 0 Å². The van der Waals surface area contributed by atoms with E-state index in [4.69, 9.17) is 0 Å². The van der Waals surface area contributed by atoms with Gasteiger partial charge in [0, 0.05) is 22.8 Å². The smallest absolute Gasteiger partial charge is 0.270 e. The lowest BCUT2D eigenvalue weighted by molar-refractivity contribution is -0.123. The predicted octanol–water partition coefficient (Wildman–Crippen LogP) is 2.15. The van der Waals surface area contributed by atoms with Crippen molar-refractivity contribution in [3.63, 3.8) is 0 Å². The number of carbonyl (C=O) groups is 2. The van der Waals surface area contributed by atoms with E-state index < -0.39 is 0 Å². The highest BCUT2D eigenvalue weighted by atomic mass is 79.9. The van der Waals surface area contributed by atoms with Gasteiger partial charge in [-0.1, -0.05) is 0 Å². The first-order valence-corrected chi connectivity index (χ1v) is 6.96. The van der Waals surface area contributed by atoms with E-state index in [1.54, 1.807) is 12.3 Å². The molecule has 2 N–H and O–H groups in total. The zero-order valence-electron chi connectivity index (χ0n) is 11.7. The van der Waals surface area contributed by atoms with Gasteiger partial charge in [0.2, 0.25) is 5.91 Å². The lowest BCUT2D eigenvalue weighted by atomic mass is 10.1. The number of hydrogen-bond donors (Lipinski definition) is 2. The third kappa shape index (κ3) is 5.06. The second-order valence-electron chi connectivity index (χ2n) is 5.35. The van der Waals surface area contributed by atoms with Crippen LogP contribution in [0.2, 0.25) is 0 Å². The van der Waals surface area contributed by atoms with E-state index in [1.807, 2.05) is 27.7 Å². The molecule has 6 heteroatoms. The number of aromatic nitrogens is 1. The molecule has 0 aliphatic heterocycles. The fourth-order valence-corrected chi connectivity index (χ4v) is 1.96. The first-order chi connectivity index (χ1) is 8.73. The van der Waals surface area contributed by atoms with Crippen molar-refractivity contribution >= 4 is 27.7 Å². The summed E-state index contributed by atoms with van der Waals surface area (Å²) in [6.45, 7) is 8.11. The normalized spacial score (nSPS) is 11.2. The van der Waals surface area contributed by atoms with Crippen molar-refractivity contribution in [3.05, 3.63) is 22.4 Å². The van der Waals surface area contributed by atoms with Crippen molar-refractivity contribution in [1.29, 1.82) is 0 Å². The van der Waals surface area contributed by atoms with Gasteiger partial charge in [0.05, 0.1) is 6.54 Å². The monoisotopic (exact) mass is 329 g/mol. The van der Waals surface area contributed by atoms with Gasteiger partial charge in [-0.15, -0.1) is 0 Å². The number of H-pyrrole nitrogens is 1. The van der Waals surface area contributed by atoms with Gasteiger partial charge >= 0.3 is 0 Å². The Labute approximate surface area is 121 Å². The molecule has 0 fully saturated rings. The van der Waals surface area contributed by atoms with Gasteiger partial charge in [-0.05, 0) is 49.7 Å². The minimum Gasteiger partial charge on any atom is -0.356 e. The Morgan fingerprint density at radius 1 is 1.42 bits per heavy atom. The molecule has 0 saturated heterocycles. The SMILES string of the molecule is CCN(CC(=O)NC(C)(C)C)C(=O)c1cc(Br)c[nH]1. The Bertz CT molecular complexity index is 463. The standard InChI is InChI=1S/C13H20BrN3O2/c1-5-17(8-11(18)16-13(2,3)4)12(19)10-6-9(14)7-15-10/h6-7,15H,5,8H2,1-4H3,(H,16,18). The maximum atomic E-state index is 12.2. The van der Waals surface area contributed by atoms with Gasteiger partial charge in [0.1, 0.15) is 5.69 Å². The zero-order valence-corrected chi connectivity index (χ0v) is 13.3. The summed E-state index contributed by atoms with van der Waals surface area (Å²) in [6, 6.07) is 1.70. The number of amides is 2. The number of likely N-dealkylation sites (N-methyl/N-ethyl adjacent to an activating group) is 1. The molecule has 0 unspecified atom stereocenters. The summed E-state index contributed by atoms with van der Waals surface area (Å²) in [4.78, 5) is 28.4. The molecule has 1 aromatic heterocycles. The molecule has 2 amide bonds. The summed E-state index contributed by atoms with van der Waals surface area (Å²) < 4.78 is 0.811. The maximum absolute atomic E-state index is 12.2. The van der Waals surface area contributed by atoms with Gasteiger partial charge in [-0.25, -0.2) is 0 Å². The first kappa shape index (κ1) is 15.8. The van der Waals surface area contributed by atoms with Crippen LogP contribution in [0.25, 0.3) is 0 Å². The largest absolute Gasteiger partial charge is 0.356 e. The number of carbonyl (C=O) groups excluding carboxylic acids is 2. The summed E-state index contributed by atoms with van der Waals surface area (Å²) in [7, 11) is 0. The summed E-state index contributed by atoms with van der Waals surface area (Å²) in [5.74, 6) is -0.342. The highest BCUT2D eigenvalue weighted by Crippen LogP contribution is 2.12. The minimum atomic E-state index is -0.297. The molecule has 1 aromatic rings. The van der Waals surface area contributed by atoms with E-state index in [2.05, 4.69) is 26.2 Å². The van der Waals surface area contributed by atoms with E-state index in [0.717, 1.165) is 4.47 Å². The van der Waals surface area contributed by atoms with Crippen molar-refractivity contribution in [2.45, 2.75) is 33.2 Å². The van der Waals surface area contributed by atoms with Crippen LogP contribution in [-0.4, -0.2) is 40.3 Å². The number of nitrogens with one attached hydrogen (secondary N) is 2. The Morgan fingerprint density at radius 3 is 2.47 bits per heavy atom. The lowest BCUT2D eigenvalue weighted by Crippen LogP contribution is -2.47. The average molecular weight is 330 g/mol. The Hall–Kier alpha value is -1.30. The molecule has 0 aliphatic carbocycles. The van der Waals surface area contributed by atoms with Crippen LogP contribution >= 0.6 is 15.9 Å². The molecule has 1 rings (SSSR count). The average Bonchev–Trinajstić information content (AvgIpc) is 2.69. The van der Waals surface area contributed by atoms with Crippen molar-refractivity contribution in [3.8, 4) is 0 Å². The number of halogens is 1. The molecule has 0 radical (unpaired) electrons. The lowest BCUT2D eigenvalue weighted by Gasteiger charge is -2.24. The first-order valence-electron chi connectivity index (χ1n) is 6.17. The fraction of sp³-hybridized carbons (Fsp3) is 0.538. The van der Waals surface area contributed by atoms with Gasteiger partial charge in [-0.2, -0.15) is 0 Å². The van der Waals surface area contributed by atoms with Crippen LogP contribution in [0, 0.1) is 0 Å². The minimum absolute atomic E-state index is 0.0588. The van der Waals surface area contributed by atoms with E-state index in [0.29, 0.717) is 12.2 Å². The molecular weight excluding hydrogens is 310 g/mol. The predicted molar refractivity (Wildman–Crippen MR) is 78.0 cm³/mol. The molecule has 0 saturated carbocycles. The fourth-order valence-electron chi connectivity index (χ4n) is 1.62. The Morgan fingerprint density at radius 2 is 2.05 bits per heavy atom. The van der Waals surface area contributed by atoms with Gasteiger partial charge in [0.25, 0.3) is 5.91 Å². The van der Waals surface area contributed by atoms with E-state index in [9.17, 15) is 9.59 Å². The second-order valence-corrected chi connectivity index (χ2v) is 6.26. The summed E-state index contributed by atoms with van der Waals surface area (Å²) in [5.41, 5.74) is 0.173. The molecule has 1 heterocycles. The third-order valence-electron chi connectivity index (χ3n) is 2.40. The van der Waals surface area contributed by atoms with Crippen LogP contribution in [0.1, 0.15) is 38.2 Å². The molecule has 5 nitrogen and oxygen atoms in total. The summed E-state index contributed by atoms with van der Waals surface area (Å²) >= 11 is 3.28. The topological polar surface area (TPSA) is 65.2 Å². The van der Waals surface area contributed by atoms with Crippen molar-refractivity contribution < 1.29 is 9.59 Å². The molecule has 0 bridgehead atoms. The van der Waals surface area contributed by atoms with Crippen LogP contribution < -0.4 is 5.32 Å².